The van der Waals surface area contributed by atoms with Gasteiger partial charge in [0, 0.05) is 12.8 Å². The van der Waals surface area contributed by atoms with E-state index in [1.54, 1.807) is 0 Å². The van der Waals surface area contributed by atoms with Crippen LogP contribution in [0.15, 0.2) is 23.1 Å². The number of anilines is 2. The Morgan fingerprint density at radius 2 is 2.06 bits per heavy atom. The first-order valence-electron chi connectivity index (χ1n) is 5.02. The second-order valence-electron chi connectivity index (χ2n) is 3.77. The van der Waals surface area contributed by atoms with Crippen molar-refractivity contribution < 1.29 is 22.3 Å². The Morgan fingerprint density at radius 3 is 2.56 bits per heavy atom. The van der Waals surface area contributed by atoms with Gasteiger partial charge in [0.2, 0.25) is 0 Å². The van der Waals surface area contributed by atoms with Crippen molar-refractivity contribution in [1.29, 1.82) is 0 Å². The number of hydrogen-bond acceptors (Lipinski definition) is 5. The number of sulfone groups is 1. The number of hydrogen-bond donors (Lipinski definition) is 3. The number of aliphatic hydroxyl groups is 1. The van der Waals surface area contributed by atoms with Crippen LogP contribution in [0.2, 0.25) is 0 Å². The molecule has 1 rings (SSSR count). The number of nitrogens with two attached hydrogens (primary N) is 1. The molecule has 0 aliphatic carbocycles. The predicted molar refractivity (Wildman–Crippen MR) is 64.5 cm³/mol. The molecule has 18 heavy (non-hydrogen) atoms. The second kappa shape index (κ2) is 5.49. The van der Waals surface area contributed by atoms with Crippen LogP contribution in [-0.4, -0.2) is 38.9 Å². The maximum atomic E-state index is 12.1. The Kier molecular flexibility index (Phi) is 4.47. The van der Waals surface area contributed by atoms with Crippen molar-refractivity contribution in [2.24, 2.45) is 0 Å². The lowest BCUT2D eigenvalue weighted by Gasteiger charge is -2.14. The minimum atomic E-state index is -3.49. The number of para-hydroxylation sites is 1. The van der Waals surface area contributed by atoms with E-state index >= 15 is 0 Å². The summed E-state index contributed by atoms with van der Waals surface area (Å²) in [6.07, 6.45) is -3.72. The van der Waals surface area contributed by atoms with Gasteiger partial charge in [-0.3, -0.25) is 0 Å². The van der Waals surface area contributed by atoms with Gasteiger partial charge in [0.15, 0.2) is 9.84 Å². The highest BCUT2D eigenvalue weighted by Crippen LogP contribution is 2.26. The summed E-state index contributed by atoms with van der Waals surface area (Å²) in [5, 5.41) is 11.4. The summed E-state index contributed by atoms with van der Waals surface area (Å²) in [5.41, 5.74) is 5.76. The zero-order valence-corrected chi connectivity index (χ0v) is 10.4. The monoisotopic (exact) mass is 280 g/mol. The van der Waals surface area contributed by atoms with Gasteiger partial charge in [-0.05, 0) is 12.1 Å². The van der Waals surface area contributed by atoms with Crippen molar-refractivity contribution in [2.45, 2.75) is 17.4 Å². The van der Waals surface area contributed by atoms with Gasteiger partial charge in [0.25, 0.3) is 6.43 Å². The van der Waals surface area contributed by atoms with Crippen molar-refractivity contribution in [3.05, 3.63) is 18.2 Å². The summed E-state index contributed by atoms with van der Waals surface area (Å²) >= 11 is 0. The summed E-state index contributed by atoms with van der Waals surface area (Å²) < 4.78 is 46.9. The molecule has 102 valence electrons. The van der Waals surface area contributed by atoms with Crippen LogP contribution in [0, 0.1) is 0 Å². The highest BCUT2D eigenvalue weighted by molar-refractivity contribution is 7.90. The van der Waals surface area contributed by atoms with E-state index in [1.165, 1.54) is 18.2 Å². The molecule has 0 saturated heterocycles. The zero-order chi connectivity index (χ0) is 13.9. The molecule has 1 unspecified atom stereocenters. The van der Waals surface area contributed by atoms with Crippen molar-refractivity contribution >= 4 is 21.2 Å². The Hall–Kier alpha value is -1.41. The van der Waals surface area contributed by atoms with Gasteiger partial charge in [-0.15, -0.1) is 0 Å². The largest absolute Gasteiger partial charge is 0.396 e. The molecular weight excluding hydrogens is 266 g/mol. The van der Waals surface area contributed by atoms with Crippen LogP contribution >= 0.6 is 0 Å². The third kappa shape index (κ3) is 3.54. The molecule has 0 heterocycles. The smallest absolute Gasteiger partial charge is 0.265 e. The molecule has 0 fully saturated rings. The SMILES string of the molecule is CS(=O)(=O)c1cccc(NCC(O)C(F)F)c1N. The van der Waals surface area contributed by atoms with Crippen molar-refractivity contribution in [3.8, 4) is 0 Å². The fraction of sp³-hybridized carbons (Fsp3) is 0.400. The molecule has 4 N–H and O–H groups in total. The van der Waals surface area contributed by atoms with E-state index in [0.29, 0.717) is 0 Å². The Morgan fingerprint density at radius 1 is 1.44 bits per heavy atom. The quantitative estimate of drug-likeness (QED) is 0.691. The maximum Gasteiger partial charge on any atom is 0.265 e. The van der Waals surface area contributed by atoms with Gasteiger partial charge in [-0.2, -0.15) is 0 Å². The Labute approximate surface area is 104 Å². The summed E-state index contributed by atoms with van der Waals surface area (Å²) in [7, 11) is -3.49. The molecule has 0 amide bonds. The van der Waals surface area contributed by atoms with Gasteiger partial charge < -0.3 is 16.2 Å². The molecule has 1 aromatic carbocycles. The topological polar surface area (TPSA) is 92.4 Å². The van der Waals surface area contributed by atoms with E-state index in [4.69, 9.17) is 10.8 Å². The molecule has 0 aromatic heterocycles. The molecule has 0 saturated carbocycles. The lowest BCUT2D eigenvalue weighted by atomic mass is 10.2. The number of alkyl halides is 2. The molecule has 0 aliphatic heterocycles. The fourth-order valence-electron chi connectivity index (χ4n) is 1.33. The standard InChI is InChI=1S/C10H14F2N2O3S/c1-18(16,17)8-4-2-3-6(9(8)13)14-5-7(15)10(11)12/h2-4,7,10,14-15H,5,13H2,1H3. The molecule has 8 heteroatoms. The fourth-order valence-corrected chi connectivity index (χ4v) is 2.16. The first-order chi connectivity index (χ1) is 8.23. The summed E-state index contributed by atoms with van der Waals surface area (Å²) in [4.78, 5) is -0.0842. The van der Waals surface area contributed by atoms with E-state index in [2.05, 4.69) is 5.32 Å². The molecule has 1 atom stereocenters. The molecule has 5 nitrogen and oxygen atoms in total. The average Bonchev–Trinajstić information content (AvgIpc) is 2.25. The lowest BCUT2D eigenvalue weighted by molar-refractivity contribution is 0.00385. The summed E-state index contributed by atoms with van der Waals surface area (Å²) in [6, 6.07) is 4.20. The molecular formula is C10H14F2N2O3S. The van der Waals surface area contributed by atoms with Crippen LogP contribution in [-0.2, 0) is 9.84 Å². The number of rotatable bonds is 5. The molecule has 0 radical (unpaired) electrons. The van der Waals surface area contributed by atoms with Gasteiger partial charge >= 0.3 is 0 Å². The lowest BCUT2D eigenvalue weighted by Crippen LogP contribution is -2.27. The van der Waals surface area contributed by atoms with Gasteiger partial charge in [-0.1, -0.05) is 6.07 Å². The van der Waals surface area contributed by atoms with Gasteiger partial charge in [-0.25, -0.2) is 17.2 Å². The second-order valence-corrected chi connectivity index (χ2v) is 5.76. The average molecular weight is 280 g/mol. The normalized spacial score (nSPS) is 13.6. The van der Waals surface area contributed by atoms with E-state index in [1.807, 2.05) is 0 Å². The van der Waals surface area contributed by atoms with Crippen molar-refractivity contribution in [3.63, 3.8) is 0 Å². The molecule has 0 bridgehead atoms. The minimum Gasteiger partial charge on any atom is -0.396 e. The predicted octanol–water partition coefficient (Wildman–Crippen LogP) is 0.710. The van der Waals surface area contributed by atoms with Gasteiger partial charge in [0.05, 0.1) is 16.3 Å². The van der Waals surface area contributed by atoms with E-state index in [9.17, 15) is 17.2 Å². The molecule has 0 aliphatic rings. The van der Waals surface area contributed by atoms with Crippen molar-refractivity contribution in [1.82, 2.24) is 0 Å². The Balaban J connectivity index is 2.92. The van der Waals surface area contributed by atoms with Crippen LogP contribution in [0.25, 0.3) is 0 Å². The van der Waals surface area contributed by atoms with E-state index in [-0.39, 0.29) is 16.3 Å². The third-order valence-electron chi connectivity index (χ3n) is 2.26. The highest BCUT2D eigenvalue weighted by atomic mass is 32.2. The zero-order valence-electron chi connectivity index (χ0n) is 9.60. The van der Waals surface area contributed by atoms with Crippen LogP contribution in [0.3, 0.4) is 0 Å². The summed E-state index contributed by atoms with van der Waals surface area (Å²) in [6.45, 7) is -0.422. The van der Waals surface area contributed by atoms with Crippen LogP contribution in [0.1, 0.15) is 0 Å². The number of aliphatic hydroxyl groups excluding tert-OH is 1. The number of nitrogen functional groups attached to an aromatic ring is 1. The Bertz CT molecular complexity index is 520. The highest BCUT2D eigenvalue weighted by Gasteiger charge is 2.18. The van der Waals surface area contributed by atoms with Crippen molar-refractivity contribution in [2.75, 3.05) is 23.9 Å². The molecule has 0 spiro atoms. The van der Waals surface area contributed by atoms with Crippen LogP contribution < -0.4 is 11.1 Å². The van der Waals surface area contributed by atoms with Crippen LogP contribution in [0.5, 0.6) is 0 Å². The molecule has 1 aromatic rings. The number of benzene rings is 1. The first-order valence-corrected chi connectivity index (χ1v) is 6.91. The van der Waals surface area contributed by atoms with Crippen LogP contribution in [0.4, 0.5) is 20.2 Å². The minimum absolute atomic E-state index is 0.0542. The third-order valence-corrected chi connectivity index (χ3v) is 3.41. The maximum absolute atomic E-state index is 12.1. The number of nitrogens with one attached hydrogen (secondary N) is 1. The van der Waals surface area contributed by atoms with E-state index in [0.717, 1.165) is 6.26 Å². The number of halogens is 2. The summed E-state index contributed by atoms with van der Waals surface area (Å²) in [5.74, 6) is 0. The first kappa shape index (κ1) is 14.7. The van der Waals surface area contributed by atoms with E-state index < -0.39 is 28.9 Å². The van der Waals surface area contributed by atoms with Gasteiger partial charge in [0.1, 0.15) is 6.10 Å².